The largest absolute Gasteiger partial charge is 0.370 e. The van der Waals surface area contributed by atoms with Crippen LogP contribution in [0.2, 0.25) is 0 Å². The summed E-state index contributed by atoms with van der Waals surface area (Å²) in [6, 6.07) is 8.62. The summed E-state index contributed by atoms with van der Waals surface area (Å²) in [7, 11) is 0. The third kappa shape index (κ3) is 5.21. The van der Waals surface area contributed by atoms with E-state index in [0.29, 0.717) is 6.42 Å². The van der Waals surface area contributed by atoms with Crippen LogP contribution in [0.1, 0.15) is 36.8 Å². The first-order valence-electron chi connectivity index (χ1n) is 5.52. The van der Waals surface area contributed by atoms with Gasteiger partial charge >= 0.3 is 0 Å². The van der Waals surface area contributed by atoms with Gasteiger partial charge in [0.25, 0.3) is 0 Å². The molecule has 15 heavy (non-hydrogen) atoms. The fourth-order valence-electron chi connectivity index (χ4n) is 1.56. The van der Waals surface area contributed by atoms with Gasteiger partial charge in [0.15, 0.2) is 0 Å². The molecule has 0 aliphatic heterocycles. The Hall–Kier alpha value is -1.31. The lowest BCUT2D eigenvalue weighted by molar-refractivity contribution is -0.118. The van der Waals surface area contributed by atoms with Gasteiger partial charge in [-0.25, -0.2) is 0 Å². The Kier molecular flexibility index (Phi) is 4.88. The van der Waals surface area contributed by atoms with E-state index in [0.717, 1.165) is 25.7 Å². The topological polar surface area (TPSA) is 43.1 Å². The molecule has 2 heteroatoms. The minimum atomic E-state index is -0.190. The molecule has 1 amide bonds. The number of carbonyl (C=O) groups excluding carboxylic acids is 1. The summed E-state index contributed by atoms with van der Waals surface area (Å²) in [6.07, 6.45) is 4.75. The quantitative estimate of drug-likeness (QED) is 0.713. The average Bonchev–Trinajstić information content (AvgIpc) is 2.20. The molecule has 0 aliphatic rings. The summed E-state index contributed by atoms with van der Waals surface area (Å²) in [5.41, 5.74) is 7.74. The molecular weight excluding hydrogens is 186 g/mol. The van der Waals surface area contributed by atoms with Crippen LogP contribution in [0.5, 0.6) is 0 Å². The smallest absolute Gasteiger partial charge is 0.217 e. The lowest BCUT2D eigenvalue weighted by Gasteiger charge is -2.01. The Morgan fingerprint density at radius 3 is 2.40 bits per heavy atom. The number of nitrogens with two attached hydrogens (primary N) is 1. The highest BCUT2D eigenvalue weighted by Gasteiger charge is 1.96. The average molecular weight is 205 g/mol. The lowest BCUT2D eigenvalue weighted by atomic mass is 10.0. The molecule has 0 saturated heterocycles. The number of rotatable bonds is 6. The maximum atomic E-state index is 10.5. The molecule has 1 rings (SSSR count). The van der Waals surface area contributed by atoms with Gasteiger partial charge in [0.05, 0.1) is 0 Å². The molecule has 0 fully saturated rings. The van der Waals surface area contributed by atoms with Crippen LogP contribution in [-0.2, 0) is 11.2 Å². The summed E-state index contributed by atoms with van der Waals surface area (Å²) >= 11 is 0. The summed E-state index contributed by atoms with van der Waals surface area (Å²) < 4.78 is 0. The van der Waals surface area contributed by atoms with Gasteiger partial charge in [-0.1, -0.05) is 36.2 Å². The fourth-order valence-corrected chi connectivity index (χ4v) is 1.56. The lowest BCUT2D eigenvalue weighted by Crippen LogP contribution is -2.09. The van der Waals surface area contributed by atoms with Gasteiger partial charge in [0.1, 0.15) is 0 Å². The second kappa shape index (κ2) is 6.23. The first kappa shape index (κ1) is 11.8. The van der Waals surface area contributed by atoms with Crippen LogP contribution in [0.4, 0.5) is 0 Å². The number of amides is 1. The minimum absolute atomic E-state index is 0.190. The Labute approximate surface area is 91.5 Å². The molecule has 0 atom stereocenters. The molecule has 0 radical (unpaired) electrons. The van der Waals surface area contributed by atoms with Crippen molar-refractivity contribution in [1.82, 2.24) is 0 Å². The van der Waals surface area contributed by atoms with Crippen molar-refractivity contribution in [2.75, 3.05) is 0 Å². The maximum absolute atomic E-state index is 10.5. The van der Waals surface area contributed by atoms with Gasteiger partial charge in [-0.2, -0.15) is 0 Å². The molecule has 2 N–H and O–H groups in total. The zero-order valence-corrected chi connectivity index (χ0v) is 9.33. The first-order valence-corrected chi connectivity index (χ1v) is 5.52. The number of hydrogen-bond donors (Lipinski definition) is 1. The number of unbranched alkanes of at least 4 members (excludes halogenated alkanes) is 2. The number of aryl methyl sites for hydroxylation is 2. The van der Waals surface area contributed by atoms with E-state index in [1.807, 2.05) is 0 Å². The van der Waals surface area contributed by atoms with Crippen molar-refractivity contribution in [3.05, 3.63) is 35.4 Å². The summed E-state index contributed by atoms with van der Waals surface area (Å²) in [5.74, 6) is -0.190. The second-order valence-electron chi connectivity index (χ2n) is 4.01. The van der Waals surface area contributed by atoms with Crippen molar-refractivity contribution < 1.29 is 4.79 Å². The number of benzene rings is 1. The van der Waals surface area contributed by atoms with E-state index in [9.17, 15) is 4.79 Å². The summed E-state index contributed by atoms with van der Waals surface area (Å²) in [4.78, 5) is 10.5. The van der Waals surface area contributed by atoms with Crippen molar-refractivity contribution in [1.29, 1.82) is 0 Å². The molecular formula is C13H19NO. The van der Waals surface area contributed by atoms with Crippen LogP contribution in [-0.4, -0.2) is 5.91 Å². The van der Waals surface area contributed by atoms with Gasteiger partial charge < -0.3 is 5.73 Å². The third-order valence-corrected chi connectivity index (χ3v) is 2.51. The first-order chi connectivity index (χ1) is 7.18. The van der Waals surface area contributed by atoms with Crippen LogP contribution in [0.15, 0.2) is 24.3 Å². The van der Waals surface area contributed by atoms with Gasteiger partial charge in [-0.3, -0.25) is 4.79 Å². The van der Waals surface area contributed by atoms with Crippen molar-refractivity contribution in [3.8, 4) is 0 Å². The highest BCUT2D eigenvalue weighted by atomic mass is 16.1. The zero-order valence-electron chi connectivity index (χ0n) is 9.33. The predicted octanol–water partition coefficient (Wildman–Crippen LogP) is 2.58. The van der Waals surface area contributed by atoms with E-state index in [4.69, 9.17) is 5.73 Å². The monoisotopic (exact) mass is 205 g/mol. The molecule has 0 aromatic heterocycles. The molecule has 2 nitrogen and oxygen atoms in total. The number of primary amides is 1. The zero-order chi connectivity index (χ0) is 11.1. The molecule has 0 bridgehead atoms. The predicted molar refractivity (Wildman–Crippen MR) is 62.5 cm³/mol. The van der Waals surface area contributed by atoms with Crippen LogP contribution < -0.4 is 5.73 Å². The van der Waals surface area contributed by atoms with Crippen molar-refractivity contribution in [2.45, 2.75) is 39.0 Å². The van der Waals surface area contributed by atoms with Gasteiger partial charge in [0, 0.05) is 6.42 Å². The summed E-state index contributed by atoms with van der Waals surface area (Å²) in [6.45, 7) is 2.09. The van der Waals surface area contributed by atoms with Gasteiger partial charge in [-0.05, 0) is 31.7 Å². The van der Waals surface area contributed by atoms with Crippen molar-refractivity contribution in [2.24, 2.45) is 5.73 Å². The molecule has 0 unspecified atom stereocenters. The van der Waals surface area contributed by atoms with Gasteiger partial charge in [0.2, 0.25) is 5.91 Å². The van der Waals surface area contributed by atoms with E-state index in [2.05, 4.69) is 31.2 Å². The second-order valence-corrected chi connectivity index (χ2v) is 4.01. The Balaban J connectivity index is 2.15. The van der Waals surface area contributed by atoms with E-state index >= 15 is 0 Å². The fraction of sp³-hybridized carbons (Fsp3) is 0.462. The van der Waals surface area contributed by atoms with E-state index in [1.54, 1.807) is 0 Å². The normalized spacial score (nSPS) is 10.2. The standard InChI is InChI=1S/C13H19NO/c1-11-7-9-12(10-8-11)5-3-2-4-6-13(14)15/h7-10H,2-6H2,1H3,(H2,14,15). The Morgan fingerprint density at radius 2 is 1.80 bits per heavy atom. The van der Waals surface area contributed by atoms with Crippen LogP contribution >= 0.6 is 0 Å². The molecule has 0 aliphatic carbocycles. The van der Waals surface area contributed by atoms with E-state index in [-0.39, 0.29) is 5.91 Å². The molecule has 0 saturated carbocycles. The van der Waals surface area contributed by atoms with Crippen molar-refractivity contribution in [3.63, 3.8) is 0 Å². The van der Waals surface area contributed by atoms with Crippen LogP contribution in [0.3, 0.4) is 0 Å². The molecule has 82 valence electrons. The molecule has 1 aromatic rings. The van der Waals surface area contributed by atoms with Crippen LogP contribution in [0, 0.1) is 6.92 Å². The Morgan fingerprint density at radius 1 is 1.13 bits per heavy atom. The third-order valence-electron chi connectivity index (χ3n) is 2.51. The summed E-state index contributed by atoms with van der Waals surface area (Å²) in [5, 5.41) is 0. The minimum Gasteiger partial charge on any atom is -0.370 e. The van der Waals surface area contributed by atoms with Crippen molar-refractivity contribution >= 4 is 5.91 Å². The van der Waals surface area contributed by atoms with Crippen LogP contribution in [0.25, 0.3) is 0 Å². The highest BCUT2D eigenvalue weighted by molar-refractivity contribution is 5.73. The Bertz CT molecular complexity index is 303. The molecule has 1 aromatic carbocycles. The maximum Gasteiger partial charge on any atom is 0.217 e. The van der Waals surface area contributed by atoms with E-state index in [1.165, 1.54) is 11.1 Å². The highest BCUT2D eigenvalue weighted by Crippen LogP contribution is 2.08. The number of hydrogen-bond acceptors (Lipinski definition) is 1. The molecule has 0 heterocycles. The van der Waals surface area contributed by atoms with Gasteiger partial charge in [-0.15, -0.1) is 0 Å². The SMILES string of the molecule is Cc1ccc(CCCCCC(N)=O)cc1. The number of carbonyl (C=O) groups is 1. The molecule has 0 spiro atoms. The van der Waals surface area contributed by atoms with E-state index < -0.39 is 0 Å².